The maximum Gasteiger partial charge on any atom is 0.169 e. The summed E-state index contributed by atoms with van der Waals surface area (Å²) in [6, 6.07) is 5.24. The van der Waals surface area contributed by atoms with E-state index in [0.717, 1.165) is 25.3 Å². The van der Waals surface area contributed by atoms with Gasteiger partial charge in [0.15, 0.2) is 5.82 Å². The first-order chi connectivity index (χ1) is 8.79. The Morgan fingerprint density at radius 2 is 2.17 bits per heavy atom. The maximum atomic E-state index is 9.15. The molecule has 0 spiro atoms. The molecule has 3 rings (SSSR count). The smallest absolute Gasteiger partial charge is 0.169 e. The van der Waals surface area contributed by atoms with Crippen molar-refractivity contribution in [3.8, 4) is 6.07 Å². The molecule has 3 heterocycles. The standard InChI is InChI=1S/C13H17N5/c1-17-11-2-3-12(17)9-18(7-5-11)13-10(8-14)4-6-15-16-13/h4,6,11-12H,2-3,5,7,9H2,1H3. The summed E-state index contributed by atoms with van der Waals surface area (Å²) < 4.78 is 0. The largest absolute Gasteiger partial charge is 0.352 e. The molecule has 1 aromatic heterocycles. The van der Waals surface area contributed by atoms with Gasteiger partial charge in [0.1, 0.15) is 6.07 Å². The van der Waals surface area contributed by atoms with E-state index < -0.39 is 0 Å². The lowest BCUT2D eigenvalue weighted by Crippen LogP contribution is -2.37. The van der Waals surface area contributed by atoms with Crippen molar-refractivity contribution in [1.82, 2.24) is 15.1 Å². The third-order valence-corrected chi connectivity index (χ3v) is 4.27. The molecule has 18 heavy (non-hydrogen) atoms. The molecule has 5 heteroatoms. The van der Waals surface area contributed by atoms with Gasteiger partial charge in [-0.15, -0.1) is 5.10 Å². The molecule has 2 fully saturated rings. The summed E-state index contributed by atoms with van der Waals surface area (Å²) >= 11 is 0. The molecule has 1 aromatic rings. The zero-order chi connectivity index (χ0) is 12.5. The topological polar surface area (TPSA) is 56.1 Å². The Morgan fingerprint density at radius 3 is 3.00 bits per heavy atom. The van der Waals surface area contributed by atoms with Gasteiger partial charge in [-0.2, -0.15) is 10.4 Å². The van der Waals surface area contributed by atoms with Crippen LogP contribution in [-0.2, 0) is 0 Å². The number of anilines is 1. The molecule has 0 amide bonds. The van der Waals surface area contributed by atoms with Crippen molar-refractivity contribution in [1.29, 1.82) is 5.26 Å². The van der Waals surface area contributed by atoms with Crippen LogP contribution >= 0.6 is 0 Å². The van der Waals surface area contributed by atoms with Crippen LogP contribution in [-0.4, -0.2) is 47.3 Å². The summed E-state index contributed by atoms with van der Waals surface area (Å²) in [5, 5.41) is 17.2. The van der Waals surface area contributed by atoms with E-state index in [2.05, 4.69) is 33.1 Å². The SMILES string of the molecule is CN1C2CCC1CN(c1nnccc1C#N)CC2. The molecule has 5 nitrogen and oxygen atoms in total. The van der Waals surface area contributed by atoms with E-state index in [4.69, 9.17) is 5.26 Å². The summed E-state index contributed by atoms with van der Waals surface area (Å²) in [4.78, 5) is 4.72. The highest BCUT2D eigenvalue weighted by molar-refractivity contribution is 5.52. The second-order valence-electron chi connectivity index (χ2n) is 5.17. The minimum Gasteiger partial charge on any atom is -0.352 e. The second kappa shape index (κ2) is 4.54. The summed E-state index contributed by atoms with van der Waals surface area (Å²) in [7, 11) is 2.22. The van der Waals surface area contributed by atoms with Crippen LogP contribution in [0, 0.1) is 11.3 Å². The zero-order valence-corrected chi connectivity index (χ0v) is 10.6. The van der Waals surface area contributed by atoms with Crippen molar-refractivity contribution in [2.24, 2.45) is 0 Å². The predicted octanol–water partition coefficient (Wildman–Crippen LogP) is 1.02. The average Bonchev–Trinajstić information content (AvgIpc) is 2.63. The first-order valence-corrected chi connectivity index (χ1v) is 6.48. The number of aromatic nitrogens is 2. The normalized spacial score (nSPS) is 27.9. The van der Waals surface area contributed by atoms with Crippen LogP contribution in [0.1, 0.15) is 24.8 Å². The Morgan fingerprint density at radius 1 is 1.33 bits per heavy atom. The number of hydrogen-bond acceptors (Lipinski definition) is 5. The highest BCUT2D eigenvalue weighted by Crippen LogP contribution is 2.30. The molecule has 2 unspecified atom stereocenters. The third-order valence-electron chi connectivity index (χ3n) is 4.27. The van der Waals surface area contributed by atoms with Gasteiger partial charge in [0.05, 0.1) is 11.8 Å². The van der Waals surface area contributed by atoms with E-state index in [9.17, 15) is 0 Å². The minimum absolute atomic E-state index is 0.589. The molecular weight excluding hydrogens is 226 g/mol. The lowest BCUT2D eigenvalue weighted by molar-refractivity contribution is 0.254. The Bertz CT molecular complexity index is 481. The Hall–Kier alpha value is -1.67. The summed E-state index contributed by atoms with van der Waals surface area (Å²) in [5.41, 5.74) is 0.630. The molecule has 2 saturated heterocycles. The summed E-state index contributed by atoms with van der Waals surface area (Å²) in [6.07, 6.45) is 5.28. The Balaban J connectivity index is 1.87. The van der Waals surface area contributed by atoms with Crippen LogP contribution in [0.3, 0.4) is 0 Å². The number of nitriles is 1. The van der Waals surface area contributed by atoms with Crippen LogP contribution in [0.15, 0.2) is 12.3 Å². The molecule has 2 atom stereocenters. The summed E-state index contributed by atoms with van der Waals surface area (Å²) in [5.74, 6) is 0.751. The number of nitrogens with zero attached hydrogens (tertiary/aromatic N) is 5. The maximum absolute atomic E-state index is 9.15. The van der Waals surface area contributed by atoms with Gasteiger partial charge in [-0.1, -0.05) is 0 Å². The van der Waals surface area contributed by atoms with Gasteiger partial charge in [0.2, 0.25) is 0 Å². The van der Waals surface area contributed by atoms with Crippen molar-refractivity contribution in [3.63, 3.8) is 0 Å². The number of rotatable bonds is 1. The van der Waals surface area contributed by atoms with Gasteiger partial charge in [0.25, 0.3) is 0 Å². The van der Waals surface area contributed by atoms with Crippen molar-refractivity contribution < 1.29 is 0 Å². The van der Waals surface area contributed by atoms with Crippen molar-refractivity contribution in [3.05, 3.63) is 17.8 Å². The molecule has 2 aliphatic rings. The molecular formula is C13H17N5. The van der Waals surface area contributed by atoms with Gasteiger partial charge in [0, 0.05) is 25.2 Å². The van der Waals surface area contributed by atoms with E-state index in [1.165, 1.54) is 12.8 Å². The molecule has 2 bridgehead atoms. The average molecular weight is 243 g/mol. The molecule has 0 N–H and O–H groups in total. The first-order valence-electron chi connectivity index (χ1n) is 6.48. The lowest BCUT2D eigenvalue weighted by Gasteiger charge is -2.26. The van der Waals surface area contributed by atoms with E-state index in [1.54, 1.807) is 12.3 Å². The van der Waals surface area contributed by atoms with Gasteiger partial charge >= 0.3 is 0 Å². The van der Waals surface area contributed by atoms with Crippen LogP contribution in [0.4, 0.5) is 5.82 Å². The third kappa shape index (κ3) is 1.83. The monoisotopic (exact) mass is 243 g/mol. The Kier molecular flexibility index (Phi) is 2.88. The molecule has 94 valence electrons. The van der Waals surface area contributed by atoms with Crippen molar-refractivity contribution in [2.45, 2.75) is 31.3 Å². The van der Waals surface area contributed by atoms with Crippen LogP contribution in [0.25, 0.3) is 0 Å². The van der Waals surface area contributed by atoms with E-state index >= 15 is 0 Å². The van der Waals surface area contributed by atoms with Crippen LogP contribution in [0.5, 0.6) is 0 Å². The highest BCUT2D eigenvalue weighted by atomic mass is 15.3. The molecule has 0 radical (unpaired) electrons. The van der Waals surface area contributed by atoms with Gasteiger partial charge in [-0.25, -0.2) is 0 Å². The second-order valence-corrected chi connectivity index (χ2v) is 5.17. The fourth-order valence-corrected chi connectivity index (χ4v) is 3.15. The predicted molar refractivity (Wildman–Crippen MR) is 68.2 cm³/mol. The van der Waals surface area contributed by atoms with Gasteiger partial charge < -0.3 is 4.90 Å². The highest BCUT2D eigenvalue weighted by Gasteiger charge is 2.35. The van der Waals surface area contributed by atoms with Crippen molar-refractivity contribution >= 4 is 5.82 Å². The van der Waals surface area contributed by atoms with Crippen molar-refractivity contribution in [2.75, 3.05) is 25.0 Å². The first kappa shape index (κ1) is 11.4. The minimum atomic E-state index is 0.589. The fourth-order valence-electron chi connectivity index (χ4n) is 3.15. The van der Waals surface area contributed by atoms with Crippen LogP contribution < -0.4 is 4.90 Å². The van der Waals surface area contributed by atoms with E-state index in [1.807, 2.05) is 0 Å². The van der Waals surface area contributed by atoms with Crippen LogP contribution in [0.2, 0.25) is 0 Å². The van der Waals surface area contributed by atoms with E-state index in [0.29, 0.717) is 17.6 Å². The lowest BCUT2D eigenvalue weighted by atomic mass is 10.1. The fraction of sp³-hybridized carbons (Fsp3) is 0.615. The number of hydrogen-bond donors (Lipinski definition) is 0. The van der Waals surface area contributed by atoms with E-state index in [-0.39, 0.29) is 0 Å². The zero-order valence-electron chi connectivity index (χ0n) is 10.6. The quantitative estimate of drug-likeness (QED) is 0.737. The molecule has 2 aliphatic heterocycles. The molecule has 0 saturated carbocycles. The summed E-state index contributed by atoms with van der Waals surface area (Å²) in [6.45, 7) is 1.93. The number of fused-ring (bicyclic) bond motifs is 2. The number of likely N-dealkylation sites (N-methyl/N-ethyl adjacent to an activating group) is 1. The molecule has 0 aromatic carbocycles. The molecule has 0 aliphatic carbocycles. The Labute approximate surface area is 107 Å². The van der Waals surface area contributed by atoms with Gasteiger partial charge in [-0.3, -0.25) is 4.90 Å². The van der Waals surface area contributed by atoms with Gasteiger partial charge in [-0.05, 0) is 32.4 Å².